The Morgan fingerprint density at radius 1 is 1.31 bits per heavy atom. The number of nitro benzene ring substituents is 1. The van der Waals surface area contributed by atoms with Crippen molar-refractivity contribution in [2.45, 2.75) is 10.1 Å². The Hall–Kier alpha value is -2.47. The van der Waals surface area contributed by atoms with Gasteiger partial charge >= 0.3 is 0 Å². The summed E-state index contributed by atoms with van der Waals surface area (Å²) in [5.74, 6) is -0.410. The maximum Gasteiger partial charge on any atom is 0.284 e. The standard InChI is InChI=1S/C16H12IN5O3S/c1-21-9-18-20-16(21)26-14-7-6-10(8-13(14)22(24)25)15(23)19-12-5-3-2-4-11(12)17/h2-9H,1H3,(H,19,23). The fourth-order valence-electron chi connectivity index (χ4n) is 2.11. The van der Waals surface area contributed by atoms with Gasteiger partial charge in [0.1, 0.15) is 6.33 Å². The van der Waals surface area contributed by atoms with Crippen molar-refractivity contribution in [1.29, 1.82) is 0 Å². The van der Waals surface area contributed by atoms with Gasteiger partial charge in [0.25, 0.3) is 11.6 Å². The zero-order valence-corrected chi connectivity index (χ0v) is 16.4. The maximum absolute atomic E-state index is 12.5. The summed E-state index contributed by atoms with van der Waals surface area (Å²) in [6.07, 6.45) is 1.51. The second-order valence-corrected chi connectivity index (χ2v) is 7.37. The number of nitrogens with one attached hydrogen (secondary N) is 1. The number of benzene rings is 2. The predicted octanol–water partition coefficient (Wildman–Crippen LogP) is 3.73. The number of aromatic nitrogens is 3. The Morgan fingerprint density at radius 2 is 2.08 bits per heavy atom. The fraction of sp³-hybridized carbons (Fsp3) is 0.0625. The van der Waals surface area contributed by atoms with Crippen LogP contribution in [0.1, 0.15) is 10.4 Å². The Kier molecular flexibility index (Phi) is 5.52. The number of carbonyl (C=O) groups excluding carboxylic acids is 1. The number of rotatable bonds is 5. The molecule has 0 saturated heterocycles. The van der Waals surface area contributed by atoms with E-state index in [0.717, 1.165) is 15.3 Å². The molecule has 2 aromatic carbocycles. The average molecular weight is 481 g/mol. The van der Waals surface area contributed by atoms with E-state index in [0.29, 0.717) is 15.7 Å². The maximum atomic E-state index is 12.5. The van der Waals surface area contributed by atoms with Gasteiger partial charge in [-0.25, -0.2) is 0 Å². The van der Waals surface area contributed by atoms with Gasteiger partial charge < -0.3 is 9.88 Å². The number of hydrogen-bond donors (Lipinski definition) is 1. The summed E-state index contributed by atoms with van der Waals surface area (Å²) in [4.78, 5) is 23.8. The lowest BCUT2D eigenvalue weighted by Gasteiger charge is -2.08. The lowest BCUT2D eigenvalue weighted by Crippen LogP contribution is -2.13. The first-order valence-electron chi connectivity index (χ1n) is 7.32. The topological polar surface area (TPSA) is 103 Å². The summed E-state index contributed by atoms with van der Waals surface area (Å²) in [6.45, 7) is 0. The van der Waals surface area contributed by atoms with Crippen LogP contribution in [0.3, 0.4) is 0 Å². The van der Waals surface area contributed by atoms with Gasteiger partial charge in [-0.2, -0.15) is 0 Å². The predicted molar refractivity (Wildman–Crippen MR) is 105 cm³/mol. The highest BCUT2D eigenvalue weighted by molar-refractivity contribution is 14.1. The third-order valence-corrected chi connectivity index (χ3v) is 5.47. The minimum absolute atomic E-state index is 0.159. The molecule has 1 heterocycles. The number of aryl methyl sites for hydroxylation is 1. The van der Waals surface area contributed by atoms with E-state index < -0.39 is 10.8 Å². The number of anilines is 1. The van der Waals surface area contributed by atoms with Gasteiger partial charge in [-0.05, 0) is 58.6 Å². The molecule has 10 heteroatoms. The van der Waals surface area contributed by atoms with Gasteiger partial charge in [-0.15, -0.1) is 10.2 Å². The SMILES string of the molecule is Cn1cnnc1Sc1ccc(C(=O)Nc2ccccc2I)cc1[N+](=O)[O-]. The molecule has 0 fully saturated rings. The van der Waals surface area contributed by atoms with Crippen LogP contribution < -0.4 is 5.32 Å². The smallest absolute Gasteiger partial charge is 0.284 e. The largest absolute Gasteiger partial charge is 0.321 e. The molecule has 3 aromatic rings. The molecule has 26 heavy (non-hydrogen) atoms. The number of halogens is 1. The van der Waals surface area contributed by atoms with Crippen LogP contribution in [0.25, 0.3) is 0 Å². The van der Waals surface area contributed by atoms with E-state index in [9.17, 15) is 14.9 Å². The van der Waals surface area contributed by atoms with E-state index in [1.165, 1.54) is 12.4 Å². The van der Waals surface area contributed by atoms with Crippen molar-refractivity contribution >= 4 is 51.6 Å². The molecule has 0 radical (unpaired) electrons. The van der Waals surface area contributed by atoms with Crippen LogP contribution in [0.15, 0.2) is 58.8 Å². The summed E-state index contributed by atoms with van der Waals surface area (Å²) in [7, 11) is 1.75. The van der Waals surface area contributed by atoms with Gasteiger partial charge in [-0.3, -0.25) is 14.9 Å². The third kappa shape index (κ3) is 4.02. The van der Waals surface area contributed by atoms with Gasteiger partial charge in [0.2, 0.25) is 0 Å². The molecule has 1 aromatic heterocycles. The molecule has 0 atom stereocenters. The molecule has 3 rings (SSSR count). The number of para-hydroxylation sites is 1. The van der Waals surface area contributed by atoms with Crippen LogP contribution in [0.4, 0.5) is 11.4 Å². The quantitative estimate of drug-likeness (QED) is 0.339. The zero-order chi connectivity index (χ0) is 18.7. The normalized spacial score (nSPS) is 10.5. The van der Waals surface area contributed by atoms with Gasteiger partial charge in [0.05, 0.1) is 15.5 Å². The Balaban J connectivity index is 1.88. The van der Waals surface area contributed by atoms with Crippen LogP contribution in [0.5, 0.6) is 0 Å². The Morgan fingerprint density at radius 3 is 2.73 bits per heavy atom. The first-order valence-corrected chi connectivity index (χ1v) is 9.21. The second kappa shape index (κ2) is 7.83. The molecule has 0 aliphatic rings. The second-order valence-electron chi connectivity index (χ2n) is 5.20. The molecule has 0 unspecified atom stereocenters. The summed E-state index contributed by atoms with van der Waals surface area (Å²) >= 11 is 3.23. The molecule has 0 aliphatic heterocycles. The fourth-order valence-corrected chi connectivity index (χ4v) is 3.48. The van der Waals surface area contributed by atoms with Crippen LogP contribution >= 0.6 is 34.4 Å². The molecular formula is C16H12IN5O3S. The van der Waals surface area contributed by atoms with E-state index in [-0.39, 0.29) is 11.3 Å². The van der Waals surface area contributed by atoms with Crippen molar-refractivity contribution in [2.75, 3.05) is 5.32 Å². The number of nitro groups is 1. The van der Waals surface area contributed by atoms with E-state index in [4.69, 9.17) is 0 Å². The van der Waals surface area contributed by atoms with Crippen molar-refractivity contribution in [3.8, 4) is 0 Å². The molecule has 132 valence electrons. The molecule has 1 N–H and O–H groups in total. The molecule has 0 bridgehead atoms. The van der Waals surface area contributed by atoms with E-state index >= 15 is 0 Å². The Bertz CT molecular complexity index is 992. The average Bonchev–Trinajstić information content (AvgIpc) is 3.02. The molecular weight excluding hydrogens is 469 g/mol. The Labute approximate surface area is 166 Å². The van der Waals surface area contributed by atoms with Crippen molar-refractivity contribution in [1.82, 2.24) is 14.8 Å². The van der Waals surface area contributed by atoms with Crippen molar-refractivity contribution in [3.63, 3.8) is 0 Å². The lowest BCUT2D eigenvalue weighted by atomic mass is 10.2. The van der Waals surface area contributed by atoms with Crippen LogP contribution in [-0.4, -0.2) is 25.6 Å². The van der Waals surface area contributed by atoms with Crippen molar-refractivity contribution in [2.24, 2.45) is 7.05 Å². The molecule has 0 spiro atoms. The highest BCUT2D eigenvalue weighted by Gasteiger charge is 2.20. The highest BCUT2D eigenvalue weighted by Crippen LogP contribution is 2.34. The van der Waals surface area contributed by atoms with Crippen molar-refractivity contribution < 1.29 is 9.72 Å². The summed E-state index contributed by atoms with van der Waals surface area (Å²) in [6, 6.07) is 11.7. The summed E-state index contributed by atoms with van der Waals surface area (Å²) < 4.78 is 2.54. The highest BCUT2D eigenvalue weighted by atomic mass is 127. The first kappa shape index (κ1) is 18.3. The molecule has 0 aliphatic carbocycles. The molecule has 1 amide bonds. The minimum Gasteiger partial charge on any atom is -0.321 e. The van der Waals surface area contributed by atoms with Crippen LogP contribution in [0, 0.1) is 13.7 Å². The first-order chi connectivity index (χ1) is 12.5. The van der Waals surface area contributed by atoms with Crippen LogP contribution in [-0.2, 0) is 7.05 Å². The lowest BCUT2D eigenvalue weighted by molar-refractivity contribution is -0.387. The van der Waals surface area contributed by atoms with Crippen LogP contribution in [0.2, 0.25) is 0 Å². The molecule has 0 saturated carbocycles. The summed E-state index contributed by atoms with van der Waals surface area (Å²) in [5.41, 5.74) is 0.699. The van der Waals surface area contributed by atoms with Gasteiger partial charge in [0, 0.05) is 22.2 Å². The summed E-state index contributed by atoms with van der Waals surface area (Å²) in [5, 5.41) is 22.4. The van der Waals surface area contributed by atoms with E-state index in [1.807, 2.05) is 12.1 Å². The monoisotopic (exact) mass is 481 g/mol. The van der Waals surface area contributed by atoms with E-state index in [2.05, 4.69) is 38.1 Å². The number of nitrogens with zero attached hydrogens (tertiary/aromatic N) is 4. The third-order valence-electron chi connectivity index (χ3n) is 3.41. The zero-order valence-electron chi connectivity index (χ0n) is 13.4. The minimum atomic E-state index is -0.512. The van der Waals surface area contributed by atoms with Gasteiger partial charge in [0.15, 0.2) is 5.16 Å². The van der Waals surface area contributed by atoms with Crippen molar-refractivity contribution in [3.05, 3.63) is 68.0 Å². The number of carbonyl (C=O) groups is 1. The number of hydrogen-bond acceptors (Lipinski definition) is 6. The van der Waals surface area contributed by atoms with E-state index in [1.54, 1.807) is 35.9 Å². The number of amides is 1. The molecule has 8 nitrogen and oxygen atoms in total. The van der Waals surface area contributed by atoms with Gasteiger partial charge in [-0.1, -0.05) is 12.1 Å².